The number of aryl methyl sites for hydroxylation is 1. The van der Waals surface area contributed by atoms with Crippen molar-refractivity contribution in [3.05, 3.63) is 71.8 Å². The Labute approximate surface area is 271 Å². The molecular weight excluding hydrogens is 622 g/mol. The molecule has 0 amide bonds. The van der Waals surface area contributed by atoms with Crippen LogP contribution in [0.15, 0.2) is 65.6 Å². The Hall–Kier alpha value is -3.41. The van der Waals surface area contributed by atoms with E-state index >= 15 is 0 Å². The van der Waals surface area contributed by atoms with Crippen LogP contribution in [0, 0.1) is 12.8 Å². The Morgan fingerprint density at radius 1 is 0.822 bits per heavy atom. The number of nitrogens with zero attached hydrogens (tertiary/aromatic N) is 1. The predicted octanol–water partition coefficient (Wildman–Crippen LogP) is 5.25. The molecule has 0 radical (unpaired) electrons. The zero-order valence-corrected chi connectivity index (χ0v) is 28.0. The number of carbonyl (C=O) groups is 3. The first-order chi connectivity index (χ1) is 21.6. The van der Waals surface area contributed by atoms with Crippen molar-refractivity contribution in [3.63, 3.8) is 0 Å². The van der Waals surface area contributed by atoms with Crippen LogP contribution in [0.5, 0.6) is 5.75 Å². The minimum atomic E-state index is -4.03. The number of unbranched alkanes of at least 4 members (excludes halogenated alkanes) is 3. The van der Waals surface area contributed by atoms with Gasteiger partial charge < -0.3 is 18.9 Å². The molecule has 45 heavy (non-hydrogen) atoms. The van der Waals surface area contributed by atoms with Gasteiger partial charge in [-0.2, -0.15) is 4.31 Å². The van der Waals surface area contributed by atoms with Crippen LogP contribution in [0.3, 0.4) is 0 Å². The van der Waals surface area contributed by atoms with Gasteiger partial charge in [0.15, 0.2) is 5.92 Å². The quantitative estimate of drug-likeness (QED) is 0.0466. The summed E-state index contributed by atoms with van der Waals surface area (Å²) in [5.41, 5.74) is 1.66. The minimum absolute atomic E-state index is 0.0661. The highest BCUT2D eigenvalue weighted by Gasteiger charge is 2.36. The summed E-state index contributed by atoms with van der Waals surface area (Å²) in [7, 11) is -0.297. The van der Waals surface area contributed by atoms with E-state index in [4.69, 9.17) is 21.1 Å². The van der Waals surface area contributed by atoms with Gasteiger partial charge in [-0.3, -0.25) is 14.4 Å². The number of ether oxygens (including phenoxy) is 4. The zero-order chi connectivity index (χ0) is 33.2. The molecule has 2 aromatic carbocycles. The predicted molar refractivity (Wildman–Crippen MR) is 172 cm³/mol. The summed E-state index contributed by atoms with van der Waals surface area (Å²) < 4.78 is 49.0. The molecule has 2 aromatic rings. The molecule has 0 aliphatic rings. The molecule has 248 valence electrons. The van der Waals surface area contributed by atoms with Gasteiger partial charge in [-0.1, -0.05) is 61.2 Å². The Bertz CT molecular complexity index is 1330. The molecular formula is C33H44ClNO9S. The highest BCUT2D eigenvalue weighted by molar-refractivity contribution is 7.89. The fourth-order valence-electron chi connectivity index (χ4n) is 4.67. The van der Waals surface area contributed by atoms with Crippen molar-refractivity contribution < 1.29 is 41.7 Å². The van der Waals surface area contributed by atoms with E-state index in [1.807, 2.05) is 6.92 Å². The molecule has 10 nitrogen and oxygen atoms in total. The van der Waals surface area contributed by atoms with Gasteiger partial charge in [0.2, 0.25) is 10.0 Å². The van der Waals surface area contributed by atoms with Gasteiger partial charge in [0.05, 0.1) is 32.8 Å². The molecule has 1 atom stereocenters. The van der Waals surface area contributed by atoms with E-state index in [2.05, 4.69) is 9.47 Å². The van der Waals surface area contributed by atoms with Crippen molar-refractivity contribution in [1.29, 1.82) is 0 Å². The van der Waals surface area contributed by atoms with E-state index in [1.165, 1.54) is 37.8 Å². The summed E-state index contributed by atoms with van der Waals surface area (Å²) in [6.45, 7) is 2.41. The average molecular weight is 666 g/mol. The number of hydrogen-bond acceptors (Lipinski definition) is 9. The number of rotatable bonds is 20. The van der Waals surface area contributed by atoms with Gasteiger partial charge >= 0.3 is 17.9 Å². The smallest absolute Gasteiger partial charge is 0.324 e. The van der Waals surface area contributed by atoms with E-state index in [-0.39, 0.29) is 17.9 Å². The number of sulfonamides is 1. The summed E-state index contributed by atoms with van der Waals surface area (Å²) in [4.78, 5) is 36.6. The Morgan fingerprint density at radius 3 is 2.00 bits per heavy atom. The van der Waals surface area contributed by atoms with Gasteiger partial charge in [0, 0.05) is 12.4 Å². The third-order valence-electron chi connectivity index (χ3n) is 7.20. The molecule has 12 heteroatoms. The number of hydrogen-bond donors (Lipinski definition) is 0. The zero-order valence-electron chi connectivity index (χ0n) is 26.4. The lowest BCUT2D eigenvalue weighted by atomic mass is 10.0. The molecule has 0 N–H and O–H groups in total. The van der Waals surface area contributed by atoms with E-state index in [1.54, 1.807) is 48.6 Å². The first kappa shape index (κ1) is 37.8. The van der Waals surface area contributed by atoms with Gasteiger partial charge in [0.25, 0.3) is 0 Å². The van der Waals surface area contributed by atoms with Crippen LogP contribution in [0.25, 0.3) is 0 Å². The largest absolute Gasteiger partial charge is 0.494 e. The normalized spacial score (nSPS) is 12.3. The summed E-state index contributed by atoms with van der Waals surface area (Å²) in [5, 5.41) is 0. The van der Waals surface area contributed by atoms with Crippen LogP contribution >= 0.6 is 11.6 Å². The molecule has 2 rings (SSSR count). The highest BCUT2D eigenvalue weighted by atomic mass is 35.5. The van der Waals surface area contributed by atoms with Gasteiger partial charge in [-0.25, -0.2) is 8.42 Å². The molecule has 0 aliphatic carbocycles. The van der Waals surface area contributed by atoms with Crippen molar-refractivity contribution in [1.82, 2.24) is 4.31 Å². The maximum atomic E-state index is 13.8. The van der Waals surface area contributed by atoms with Crippen LogP contribution in [0.1, 0.15) is 49.7 Å². The molecule has 0 aromatic heterocycles. The lowest BCUT2D eigenvalue weighted by Gasteiger charge is -2.29. The molecule has 0 bridgehead atoms. The summed E-state index contributed by atoms with van der Waals surface area (Å²) >= 11 is 5.74. The van der Waals surface area contributed by atoms with Gasteiger partial charge in [0.1, 0.15) is 11.8 Å². The Morgan fingerprint density at radius 2 is 1.42 bits per heavy atom. The second-order valence-electron chi connectivity index (χ2n) is 10.4. The number of halogens is 1. The average Bonchev–Trinajstić information content (AvgIpc) is 3.05. The monoisotopic (exact) mass is 665 g/mol. The van der Waals surface area contributed by atoms with Crippen LogP contribution in [0.4, 0.5) is 0 Å². The van der Waals surface area contributed by atoms with Crippen LogP contribution in [0.2, 0.25) is 0 Å². The second-order valence-corrected chi connectivity index (χ2v) is 12.6. The van der Waals surface area contributed by atoms with Crippen molar-refractivity contribution in [2.24, 2.45) is 5.92 Å². The molecule has 0 saturated heterocycles. The van der Waals surface area contributed by atoms with E-state index in [0.29, 0.717) is 37.5 Å². The third-order valence-corrected chi connectivity index (χ3v) is 9.30. The van der Waals surface area contributed by atoms with Crippen molar-refractivity contribution in [3.8, 4) is 5.75 Å². The highest BCUT2D eigenvalue weighted by Crippen LogP contribution is 2.24. The lowest BCUT2D eigenvalue weighted by molar-refractivity contribution is -0.159. The van der Waals surface area contributed by atoms with Crippen LogP contribution in [-0.2, 0) is 45.0 Å². The van der Waals surface area contributed by atoms with Crippen LogP contribution < -0.4 is 4.74 Å². The summed E-state index contributed by atoms with van der Waals surface area (Å²) in [6, 6.07) is 12.6. The fraction of sp³-hybridized carbons (Fsp3) is 0.485. The second kappa shape index (κ2) is 19.9. The van der Waals surface area contributed by atoms with Crippen molar-refractivity contribution in [2.45, 2.75) is 62.8 Å². The standard InChI is InChI=1S/C33H44ClNO9S/c1-25-13-19-28(20-14-25)45(39,40)35(22-10-7-9-21-34)30(33(38)43-4)24-26-15-17-27(18-16-26)44-23-11-6-5-8-12-29(31(36)41-2)32(37)42-3/h7,9,13-20,29-30H,5-6,8,10-12,21-24H2,1-4H3/b9-7+/t30-/m0/s1. The minimum Gasteiger partial charge on any atom is -0.494 e. The third kappa shape index (κ3) is 12.1. The molecule has 0 spiro atoms. The number of allylic oxidation sites excluding steroid dienone is 1. The van der Waals surface area contributed by atoms with Crippen molar-refractivity contribution in [2.75, 3.05) is 40.4 Å². The maximum Gasteiger partial charge on any atom is 0.324 e. The molecule has 0 fully saturated rings. The molecule has 0 unspecified atom stereocenters. The van der Waals surface area contributed by atoms with E-state index in [9.17, 15) is 22.8 Å². The van der Waals surface area contributed by atoms with Gasteiger partial charge in [-0.15, -0.1) is 11.6 Å². The number of methoxy groups -OCH3 is 3. The maximum absolute atomic E-state index is 13.8. The van der Waals surface area contributed by atoms with Gasteiger partial charge in [-0.05, 0) is 62.4 Å². The summed E-state index contributed by atoms with van der Waals surface area (Å²) in [6.07, 6.45) is 7.46. The molecule has 0 saturated carbocycles. The molecule has 0 aliphatic heterocycles. The summed E-state index contributed by atoms with van der Waals surface area (Å²) in [5.74, 6) is -1.81. The van der Waals surface area contributed by atoms with Crippen LogP contribution in [-0.4, -0.2) is 77.0 Å². The first-order valence-electron chi connectivity index (χ1n) is 14.8. The Kier molecular flexibility index (Phi) is 16.7. The van der Waals surface area contributed by atoms with E-state index in [0.717, 1.165) is 30.4 Å². The number of benzene rings is 2. The lowest BCUT2D eigenvalue weighted by Crippen LogP contribution is -2.47. The Balaban J connectivity index is 2.02. The topological polar surface area (TPSA) is 126 Å². The SMILES string of the molecule is COC(=O)C(CCCCCCOc1ccc(C[C@@H](C(=O)OC)N(CC/C=C/CCl)S(=O)(=O)c2ccc(C)cc2)cc1)C(=O)OC. The molecule has 0 heterocycles. The first-order valence-corrected chi connectivity index (χ1v) is 16.8. The fourth-order valence-corrected chi connectivity index (χ4v) is 6.38. The van der Waals surface area contributed by atoms with Crippen molar-refractivity contribution >= 4 is 39.5 Å². The number of alkyl halides is 1. The van der Waals surface area contributed by atoms with E-state index < -0.39 is 39.9 Å². The number of esters is 3. The number of carbonyl (C=O) groups excluding carboxylic acids is 3.